The van der Waals surface area contributed by atoms with Crippen LogP contribution in [0.1, 0.15) is 44.4 Å². The fraction of sp³-hybridized carbons (Fsp3) is 0.381. The molecule has 2 aromatic carbocycles. The van der Waals surface area contributed by atoms with Gasteiger partial charge in [0.1, 0.15) is 5.75 Å². The van der Waals surface area contributed by atoms with E-state index >= 15 is 0 Å². The van der Waals surface area contributed by atoms with Gasteiger partial charge in [0.05, 0.1) is 12.6 Å². The minimum absolute atomic E-state index is 0.0912. The summed E-state index contributed by atoms with van der Waals surface area (Å²) >= 11 is 0. The standard InChI is InChI=1S/C21H25NO3/c1-4-25-17-8-5-14(6-9-17)15-7-10-18-16(13-15)11-12-21(2,3)19(18)22-20(23)24/h5-10,13,19,22H,4,11-12H2,1-3H3,(H,23,24)/t19-/m0/s1. The number of fused-ring (bicyclic) bond motifs is 1. The molecular weight excluding hydrogens is 314 g/mol. The Bertz CT molecular complexity index is 765. The van der Waals surface area contributed by atoms with E-state index in [1.165, 1.54) is 5.56 Å². The van der Waals surface area contributed by atoms with Crippen LogP contribution in [-0.2, 0) is 6.42 Å². The van der Waals surface area contributed by atoms with Gasteiger partial charge in [-0.05, 0) is 59.6 Å². The lowest BCUT2D eigenvalue weighted by Gasteiger charge is -2.40. The van der Waals surface area contributed by atoms with Crippen molar-refractivity contribution in [1.82, 2.24) is 5.32 Å². The Balaban J connectivity index is 1.93. The van der Waals surface area contributed by atoms with Gasteiger partial charge in [-0.1, -0.05) is 44.2 Å². The highest BCUT2D eigenvalue weighted by Crippen LogP contribution is 2.44. The van der Waals surface area contributed by atoms with Crippen molar-refractivity contribution in [3.05, 3.63) is 53.6 Å². The Morgan fingerprint density at radius 3 is 2.52 bits per heavy atom. The topological polar surface area (TPSA) is 58.6 Å². The van der Waals surface area contributed by atoms with E-state index in [2.05, 4.69) is 49.5 Å². The number of rotatable bonds is 4. The van der Waals surface area contributed by atoms with E-state index in [0.29, 0.717) is 6.61 Å². The van der Waals surface area contributed by atoms with E-state index in [1.807, 2.05) is 19.1 Å². The molecular formula is C21H25NO3. The maximum atomic E-state index is 11.2. The number of aryl methyl sites for hydroxylation is 1. The SMILES string of the molecule is CCOc1ccc(-c2ccc3c(c2)CCC(C)(C)[C@H]3NC(=O)O)cc1. The number of hydrogen-bond acceptors (Lipinski definition) is 2. The Labute approximate surface area is 148 Å². The summed E-state index contributed by atoms with van der Waals surface area (Å²) in [7, 11) is 0. The molecule has 1 atom stereocenters. The highest BCUT2D eigenvalue weighted by Gasteiger charge is 2.36. The lowest BCUT2D eigenvalue weighted by molar-refractivity contribution is 0.161. The van der Waals surface area contributed by atoms with Gasteiger partial charge >= 0.3 is 6.09 Å². The van der Waals surface area contributed by atoms with Crippen LogP contribution in [-0.4, -0.2) is 17.8 Å². The second-order valence-electron chi connectivity index (χ2n) is 7.24. The molecule has 0 aliphatic heterocycles. The van der Waals surface area contributed by atoms with E-state index in [4.69, 9.17) is 4.74 Å². The van der Waals surface area contributed by atoms with Crippen molar-refractivity contribution in [1.29, 1.82) is 0 Å². The van der Waals surface area contributed by atoms with Crippen LogP contribution in [0, 0.1) is 5.41 Å². The van der Waals surface area contributed by atoms with Gasteiger partial charge in [0.15, 0.2) is 0 Å². The Morgan fingerprint density at radius 2 is 1.88 bits per heavy atom. The van der Waals surface area contributed by atoms with Gasteiger partial charge in [-0.3, -0.25) is 0 Å². The van der Waals surface area contributed by atoms with Gasteiger partial charge < -0.3 is 15.2 Å². The van der Waals surface area contributed by atoms with Gasteiger partial charge in [0.25, 0.3) is 0 Å². The molecule has 0 radical (unpaired) electrons. The summed E-state index contributed by atoms with van der Waals surface area (Å²) in [5.41, 5.74) is 4.51. The molecule has 4 heteroatoms. The number of carboxylic acid groups (broad SMARTS) is 1. The van der Waals surface area contributed by atoms with Crippen molar-refractivity contribution in [2.75, 3.05) is 6.61 Å². The van der Waals surface area contributed by atoms with Crippen LogP contribution >= 0.6 is 0 Å². The van der Waals surface area contributed by atoms with Crippen LogP contribution in [0.4, 0.5) is 4.79 Å². The zero-order chi connectivity index (χ0) is 18.0. The quantitative estimate of drug-likeness (QED) is 0.821. The van der Waals surface area contributed by atoms with Gasteiger partial charge in [0.2, 0.25) is 0 Å². The first-order chi connectivity index (χ1) is 11.9. The first-order valence-electron chi connectivity index (χ1n) is 8.76. The number of hydrogen-bond donors (Lipinski definition) is 2. The van der Waals surface area contributed by atoms with Gasteiger partial charge in [-0.15, -0.1) is 0 Å². The molecule has 1 aliphatic carbocycles. The van der Waals surface area contributed by atoms with Crippen LogP contribution in [0.15, 0.2) is 42.5 Å². The normalized spacial score (nSPS) is 18.3. The number of amides is 1. The van der Waals surface area contributed by atoms with E-state index in [0.717, 1.165) is 35.3 Å². The van der Waals surface area contributed by atoms with Gasteiger partial charge in [-0.25, -0.2) is 4.79 Å². The first kappa shape index (κ1) is 17.3. The van der Waals surface area contributed by atoms with E-state index in [1.54, 1.807) is 0 Å². The summed E-state index contributed by atoms with van der Waals surface area (Å²) < 4.78 is 5.50. The Kier molecular flexibility index (Phi) is 4.71. The second-order valence-corrected chi connectivity index (χ2v) is 7.24. The summed E-state index contributed by atoms with van der Waals surface area (Å²) in [5, 5.41) is 11.9. The third-order valence-electron chi connectivity index (χ3n) is 5.04. The molecule has 2 aromatic rings. The summed E-state index contributed by atoms with van der Waals surface area (Å²) in [4.78, 5) is 11.2. The Hall–Kier alpha value is -2.49. The molecule has 2 N–H and O–H groups in total. The molecule has 25 heavy (non-hydrogen) atoms. The smallest absolute Gasteiger partial charge is 0.405 e. The minimum atomic E-state index is -0.971. The molecule has 132 valence electrons. The lowest BCUT2D eigenvalue weighted by atomic mass is 9.70. The van der Waals surface area contributed by atoms with Crippen molar-refractivity contribution < 1.29 is 14.6 Å². The molecule has 0 spiro atoms. The number of benzene rings is 2. The highest BCUT2D eigenvalue weighted by molar-refractivity contribution is 5.68. The average molecular weight is 339 g/mol. The molecule has 0 unspecified atom stereocenters. The second kappa shape index (κ2) is 6.79. The maximum Gasteiger partial charge on any atom is 0.405 e. The summed E-state index contributed by atoms with van der Waals surface area (Å²) in [5.74, 6) is 0.872. The van der Waals surface area contributed by atoms with Crippen LogP contribution in [0.25, 0.3) is 11.1 Å². The summed E-state index contributed by atoms with van der Waals surface area (Å²) in [6.07, 6.45) is 0.949. The monoisotopic (exact) mass is 339 g/mol. The van der Waals surface area contributed by atoms with E-state index in [-0.39, 0.29) is 11.5 Å². The summed E-state index contributed by atoms with van der Waals surface area (Å²) in [6, 6.07) is 14.3. The van der Waals surface area contributed by atoms with E-state index < -0.39 is 6.09 Å². The Morgan fingerprint density at radius 1 is 1.20 bits per heavy atom. The van der Waals surface area contributed by atoms with Crippen LogP contribution in [0.3, 0.4) is 0 Å². The summed E-state index contributed by atoms with van der Waals surface area (Å²) in [6.45, 7) is 6.88. The molecule has 0 saturated carbocycles. The number of nitrogens with one attached hydrogen (secondary N) is 1. The predicted molar refractivity (Wildman–Crippen MR) is 99.1 cm³/mol. The third-order valence-corrected chi connectivity index (χ3v) is 5.04. The molecule has 0 aromatic heterocycles. The molecule has 0 fully saturated rings. The zero-order valence-electron chi connectivity index (χ0n) is 15.0. The van der Waals surface area contributed by atoms with Gasteiger partial charge in [-0.2, -0.15) is 0 Å². The van der Waals surface area contributed by atoms with Crippen molar-refractivity contribution in [2.24, 2.45) is 5.41 Å². The molecule has 0 bridgehead atoms. The van der Waals surface area contributed by atoms with Crippen LogP contribution in [0.2, 0.25) is 0 Å². The van der Waals surface area contributed by atoms with Crippen LogP contribution < -0.4 is 10.1 Å². The highest BCUT2D eigenvalue weighted by atomic mass is 16.5. The fourth-order valence-electron chi connectivity index (χ4n) is 3.61. The largest absolute Gasteiger partial charge is 0.494 e. The number of carbonyl (C=O) groups is 1. The predicted octanol–water partition coefficient (Wildman–Crippen LogP) is 5.03. The third kappa shape index (κ3) is 3.63. The molecule has 0 saturated heterocycles. The molecule has 3 rings (SSSR count). The van der Waals surface area contributed by atoms with Crippen molar-refractivity contribution in [2.45, 2.75) is 39.7 Å². The molecule has 4 nitrogen and oxygen atoms in total. The van der Waals surface area contributed by atoms with E-state index in [9.17, 15) is 9.90 Å². The minimum Gasteiger partial charge on any atom is -0.494 e. The lowest BCUT2D eigenvalue weighted by Crippen LogP contribution is -2.40. The van der Waals surface area contributed by atoms with Crippen molar-refractivity contribution in [3.8, 4) is 16.9 Å². The van der Waals surface area contributed by atoms with Crippen molar-refractivity contribution in [3.63, 3.8) is 0 Å². The average Bonchev–Trinajstić information content (AvgIpc) is 2.58. The molecule has 1 amide bonds. The first-order valence-corrected chi connectivity index (χ1v) is 8.76. The maximum absolute atomic E-state index is 11.2. The fourth-order valence-corrected chi connectivity index (χ4v) is 3.61. The molecule has 1 aliphatic rings. The van der Waals surface area contributed by atoms with Crippen LogP contribution in [0.5, 0.6) is 5.75 Å². The van der Waals surface area contributed by atoms with Crippen molar-refractivity contribution >= 4 is 6.09 Å². The molecule has 0 heterocycles. The number of ether oxygens (including phenoxy) is 1. The van der Waals surface area contributed by atoms with Gasteiger partial charge in [0, 0.05) is 0 Å². The zero-order valence-corrected chi connectivity index (χ0v) is 15.0.